The van der Waals surface area contributed by atoms with Crippen molar-refractivity contribution in [2.75, 3.05) is 6.54 Å². The molecule has 4 rings (SSSR count). The zero-order valence-electron chi connectivity index (χ0n) is 18.3. The highest BCUT2D eigenvalue weighted by Crippen LogP contribution is 2.30. The molecule has 0 spiro atoms. The van der Waals surface area contributed by atoms with E-state index in [0.717, 1.165) is 24.1 Å². The first-order chi connectivity index (χ1) is 16.3. The lowest BCUT2D eigenvalue weighted by Gasteiger charge is -2.22. The second kappa shape index (κ2) is 9.67. The Balaban J connectivity index is 1.63. The summed E-state index contributed by atoms with van der Waals surface area (Å²) in [6, 6.07) is 15.2. The standard InChI is InChI=1S/C26H23F3N2O3/c27-26(28,29)18-11-13-19(14-12-18)31-22-9-4-10-23(32)20(22)16-21(25(31)34)24(33)30-15-5-8-17-6-2-1-3-7-17/h1-3,6-7,11-14,16H,4-5,8-10,15H2,(H,30,33). The van der Waals surface area contributed by atoms with Gasteiger partial charge in [0.15, 0.2) is 5.78 Å². The number of aromatic nitrogens is 1. The lowest BCUT2D eigenvalue weighted by atomic mass is 9.92. The van der Waals surface area contributed by atoms with Crippen LogP contribution in [0.2, 0.25) is 0 Å². The number of carbonyl (C=O) groups excluding carboxylic acids is 2. The molecule has 1 aliphatic carbocycles. The van der Waals surface area contributed by atoms with Crippen molar-refractivity contribution >= 4 is 11.7 Å². The number of benzene rings is 2. The number of Topliss-reactive ketones (excluding diaryl/α,β-unsaturated/α-hetero) is 1. The third-order valence-electron chi connectivity index (χ3n) is 5.89. The Bertz CT molecular complexity index is 1260. The Labute approximate surface area is 194 Å². The van der Waals surface area contributed by atoms with E-state index >= 15 is 0 Å². The van der Waals surface area contributed by atoms with E-state index in [1.54, 1.807) is 0 Å². The predicted molar refractivity (Wildman–Crippen MR) is 121 cm³/mol. The molecule has 2 aromatic carbocycles. The summed E-state index contributed by atoms with van der Waals surface area (Å²) < 4.78 is 40.2. The zero-order chi connectivity index (χ0) is 24.3. The monoisotopic (exact) mass is 468 g/mol. The minimum absolute atomic E-state index is 0.183. The normalized spacial score (nSPS) is 13.4. The molecule has 0 saturated carbocycles. The van der Waals surface area contributed by atoms with Crippen molar-refractivity contribution in [3.8, 4) is 5.69 Å². The van der Waals surface area contributed by atoms with Gasteiger partial charge in [0.25, 0.3) is 11.5 Å². The smallest absolute Gasteiger partial charge is 0.352 e. The molecule has 0 aliphatic heterocycles. The Morgan fingerprint density at radius 3 is 2.35 bits per heavy atom. The molecule has 0 radical (unpaired) electrons. The number of rotatable bonds is 6. The molecule has 0 fully saturated rings. The molecule has 1 N–H and O–H groups in total. The van der Waals surface area contributed by atoms with Crippen molar-refractivity contribution in [3.63, 3.8) is 0 Å². The molecule has 0 atom stereocenters. The maximum Gasteiger partial charge on any atom is 0.416 e. The highest BCUT2D eigenvalue weighted by atomic mass is 19.4. The van der Waals surface area contributed by atoms with E-state index in [4.69, 9.17) is 0 Å². The fraction of sp³-hybridized carbons (Fsp3) is 0.269. The van der Waals surface area contributed by atoms with Gasteiger partial charge in [-0.1, -0.05) is 30.3 Å². The summed E-state index contributed by atoms with van der Waals surface area (Å²) in [7, 11) is 0. The molecule has 1 heterocycles. The number of amides is 1. The van der Waals surface area contributed by atoms with Crippen molar-refractivity contribution in [1.29, 1.82) is 0 Å². The minimum atomic E-state index is -4.51. The number of carbonyl (C=O) groups is 2. The van der Waals surface area contributed by atoms with Crippen molar-refractivity contribution in [2.45, 2.75) is 38.3 Å². The lowest BCUT2D eigenvalue weighted by Crippen LogP contribution is -2.36. The molecule has 8 heteroatoms. The average Bonchev–Trinajstić information content (AvgIpc) is 2.82. The topological polar surface area (TPSA) is 68.2 Å². The van der Waals surface area contributed by atoms with Crippen LogP contribution < -0.4 is 10.9 Å². The molecule has 3 aromatic rings. The number of hydrogen-bond acceptors (Lipinski definition) is 3. The van der Waals surface area contributed by atoms with E-state index in [2.05, 4.69) is 5.32 Å². The molecule has 1 aliphatic rings. The first-order valence-corrected chi connectivity index (χ1v) is 11.1. The van der Waals surface area contributed by atoms with Crippen LogP contribution in [0, 0.1) is 0 Å². The summed E-state index contributed by atoms with van der Waals surface area (Å²) in [5, 5.41) is 2.73. The Morgan fingerprint density at radius 1 is 0.971 bits per heavy atom. The summed E-state index contributed by atoms with van der Waals surface area (Å²) in [5.74, 6) is -0.806. The number of alkyl halides is 3. The van der Waals surface area contributed by atoms with Crippen molar-refractivity contribution in [1.82, 2.24) is 9.88 Å². The largest absolute Gasteiger partial charge is 0.416 e. The number of nitrogens with one attached hydrogen (secondary N) is 1. The second-order valence-electron chi connectivity index (χ2n) is 8.23. The van der Waals surface area contributed by atoms with E-state index < -0.39 is 23.2 Å². The number of ketones is 1. The van der Waals surface area contributed by atoms with Gasteiger partial charge < -0.3 is 5.32 Å². The molecule has 0 bridgehead atoms. The maximum atomic E-state index is 13.3. The van der Waals surface area contributed by atoms with Gasteiger partial charge in [-0.15, -0.1) is 0 Å². The van der Waals surface area contributed by atoms with Gasteiger partial charge in [-0.3, -0.25) is 19.0 Å². The molecule has 0 unspecified atom stereocenters. The first-order valence-electron chi connectivity index (χ1n) is 11.1. The van der Waals surface area contributed by atoms with Crippen LogP contribution in [0.15, 0.2) is 65.5 Å². The maximum absolute atomic E-state index is 13.3. The van der Waals surface area contributed by atoms with Crippen LogP contribution in [0.5, 0.6) is 0 Å². The quantitative estimate of drug-likeness (QED) is 0.532. The van der Waals surface area contributed by atoms with Crippen molar-refractivity contribution in [2.24, 2.45) is 0 Å². The van der Waals surface area contributed by atoms with Gasteiger partial charge in [-0.25, -0.2) is 0 Å². The Morgan fingerprint density at radius 2 is 1.68 bits per heavy atom. The molecule has 0 saturated heterocycles. The fourth-order valence-corrected chi connectivity index (χ4v) is 4.16. The summed E-state index contributed by atoms with van der Waals surface area (Å²) in [6.07, 6.45) is -1.88. The van der Waals surface area contributed by atoms with Gasteiger partial charge in [0, 0.05) is 29.9 Å². The van der Waals surface area contributed by atoms with Crippen LogP contribution in [0.3, 0.4) is 0 Å². The summed E-state index contributed by atoms with van der Waals surface area (Å²) in [4.78, 5) is 38.7. The first kappa shape index (κ1) is 23.5. The third-order valence-corrected chi connectivity index (χ3v) is 5.89. The van der Waals surface area contributed by atoms with Crippen LogP contribution >= 0.6 is 0 Å². The number of pyridine rings is 1. The summed E-state index contributed by atoms with van der Waals surface area (Å²) in [5.41, 5.74) is 0.286. The SMILES string of the molecule is O=C1CCCc2c1cc(C(=O)NCCCc1ccccc1)c(=O)n2-c1ccc(C(F)(F)F)cc1. The molecular weight excluding hydrogens is 445 g/mol. The zero-order valence-corrected chi connectivity index (χ0v) is 18.3. The lowest BCUT2D eigenvalue weighted by molar-refractivity contribution is -0.137. The van der Waals surface area contributed by atoms with Crippen LogP contribution in [0.4, 0.5) is 13.2 Å². The number of nitrogens with zero attached hydrogens (tertiary/aromatic N) is 1. The van der Waals surface area contributed by atoms with Crippen LogP contribution in [0.1, 0.15) is 56.8 Å². The van der Waals surface area contributed by atoms with Crippen LogP contribution in [-0.2, 0) is 19.0 Å². The molecule has 1 aromatic heterocycles. The van der Waals surface area contributed by atoms with Gasteiger partial charge >= 0.3 is 6.18 Å². The number of halogens is 3. The van der Waals surface area contributed by atoms with E-state index in [0.29, 0.717) is 31.5 Å². The summed E-state index contributed by atoms with van der Waals surface area (Å²) in [6.45, 7) is 0.332. The van der Waals surface area contributed by atoms with Gasteiger partial charge in [0.05, 0.1) is 5.56 Å². The summed E-state index contributed by atoms with van der Waals surface area (Å²) >= 11 is 0. The molecule has 5 nitrogen and oxygen atoms in total. The van der Waals surface area contributed by atoms with Gasteiger partial charge in [-0.05, 0) is 61.6 Å². The number of hydrogen-bond donors (Lipinski definition) is 1. The Hall–Kier alpha value is -3.68. The Kier molecular flexibility index (Phi) is 6.68. The van der Waals surface area contributed by atoms with E-state index in [9.17, 15) is 27.6 Å². The van der Waals surface area contributed by atoms with Crippen LogP contribution in [-0.4, -0.2) is 22.8 Å². The molecular formula is C26H23F3N2O3. The highest BCUT2D eigenvalue weighted by Gasteiger charge is 2.31. The second-order valence-corrected chi connectivity index (χ2v) is 8.23. The number of fused-ring (bicyclic) bond motifs is 1. The van der Waals surface area contributed by atoms with E-state index in [1.165, 1.54) is 22.8 Å². The number of aryl methyl sites for hydroxylation is 1. The van der Waals surface area contributed by atoms with Gasteiger partial charge in [0.2, 0.25) is 0 Å². The average molecular weight is 468 g/mol. The minimum Gasteiger partial charge on any atom is -0.352 e. The van der Waals surface area contributed by atoms with Crippen molar-refractivity contribution in [3.05, 3.63) is 99.0 Å². The fourth-order valence-electron chi connectivity index (χ4n) is 4.16. The van der Waals surface area contributed by atoms with Crippen molar-refractivity contribution < 1.29 is 22.8 Å². The molecule has 176 valence electrons. The highest BCUT2D eigenvalue weighted by molar-refractivity contribution is 6.01. The van der Waals surface area contributed by atoms with E-state index in [1.807, 2.05) is 30.3 Å². The van der Waals surface area contributed by atoms with Crippen LogP contribution in [0.25, 0.3) is 5.69 Å². The molecule has 34 heavy (non-hydrogen) atoms. The predicted octanol–water partition coefficient (Wildman–Crippen LogP) is 4.74. The molecule has 1 amide bonds. The third kappa shape index (κ3) is 4.95. The van der Waals surface area contributed by atoms with Gasteiger partial charge in [0.1, 0.15) is 5.56 Å². The van der Waals surface area contributed by atoms with E-state index in [-0.39, 0.29) is 29.0 Å². The van der Waals surface area contributed by atoms with Gasteiger partial charge in [-0.2, -0.15) is 13.2 Å².